The Morgan fingerprint density at radius 2 is 2.12 bits per heavy atom. The number of benzene rings is 1. The summed E-state index contributed by atoms with van der Waals surface area (Å²) >= 11 is 7.49. The van der Waals surface area contributed by atoms with Crippen molar-refractivity contribution >= 4 is 35.2 Å². The van der Waals surface area contributed by atoms with Crippen LogP contribution in [0.3, 0.4) is 0 Å². The van der Waals surface area contributed by atoms with Gasteiger partial charge >= 0.3 is 0 Å². The third-order valence-electron chi connectivity index (χ3n) is 5.97. The number of hydrogen-bond acceptors (Lipinski definition) is 4. The van der Waals surface area contributed by atoms with E-state index in [1.165, 1.54) is 11.8 Å². The normalized spacial score (nSPS) is 32.7. The Morgan fingerprint density at radius 1 is 1.27 bits per heavy atom. The number of nitrogens with one attached hydrogen (secondary N) is 1. The molecule has 1 heterocycles. The van der Waals surface area contributed by atoms with Crippen molar-refractivity contribution in [3.05, 3.63) is 46.5 Å². The lowest BCUT2D eigenvalue weighted by molar-refractivity contribution is -0.121. The van der Waals surface area contributed by atoms with E-state index in [2.05, 4.69) is 10.2 Å². The SMILES string of the molecule is NC(=O)C1SC=CN1C12CCCC(NC(=O)c3cccc(Cl)c3)(CC1)C2. The van der Waals surface area contributed by atoms with Gasteiger partial charge in [0.1, 0.15) is 0 Å². The van der Waals surface area contributed by atoms with E-state index in [0.717, 1.165) is 38.5 Å². The zero-order valence-electron chi connectivity index (χ0n) is 14.4. The number of fused-ring (bicyclic) bond motifs is 2. The number of hydrogen-bond donors (Lipinski definition) is 2. The minimum atomic E-state index is -0.340. The van der Waals surface area contributed by atoms with Gasteiger partial charge in [-0.25, -0.2) is 0 Å². The summed E-state index contributed by atoms with van der Waals surface area (Å²) in [7, 11) is 0. The lowest BCUT2D eigenvalue weighted by Crippen LogP contribution is -2.56. The third kappa shape index (κ3) is 2.99. The van der Waals surface area contributed by atoms with E-state index in [-0.39, 0.29) is 28.3 Å². The summed E-state index contributed by atoms with van der Waals surface area (Å²) < 4.78 is 0. The second kappa shape index (κ2) is 6.50. The third-order valence-corrected chi connectivity index (χ3v) is 7.20. The molecule has 7 heteroatoms. The molecule has 138 valence electrons. The standard InChI is InChI=1S/C19H22ClN3O2S/c20-14-4-1-3-13(11-14)16(25)22-18-5-2-6-19(12-18,8-7-18)23-9-10-26-17(23)15(21)24/h1,3-4,9-11,17H,2,5-8,12H2,(H2,21,24)(H,22,25). The number of carbonyl (C=O) groups is 2. The Labute approximate surface area is 162 Å². The van der Waals surface area contributed by atoms with Gasteiger partial charge in [0.15, 0.2) is 5.37 Å². The number of halogens is 1. The first-order valence-electron chi connectivity index (χ1n) is 8.91. The number of carbonyl (C=O) groups excluding carboxylic acids is 2. The molecule has 1 aromatic rings. The molecule has 1 aromatic carbocycles. The lowest BCUT2D eigenvalue weighted by atomic mass is 9.77. The van der Waals surface area contributed by atoms with E-state index in [4.69, 9.17) is 17.3 Å². The van der Waals surface area contributed by atoms with Gasteiger partial charge in [0.2, 0.25) is 0 Å². The largest absolute Gasteiger partial charge is 0.367 e. The van der Waals surface area contributed by atoms with Crippen LogP contribution in [0, 0.1) is 0 Å². The number of rotatable bonds is 4. The second-order valence-electron chi connectivity index (χ2n) is 7.58. The number of thioether (sulfide) groups is 1. The fourth-order valence-corrected chi connectivity index (χ4v) is 5.95. The van der Waals surface area contributed by atoms with E-state index in [0.29, 0.717) is 10.6 Å². The molecule has 2 fully saturated rings. The Bertz CT molecular complexity index is 786. The van der Waals surface area contributed by atoms with Crippen LogP contribution in [0.5, 0.6) is 0 Å². The highest BCUT2D eigenvalue weighted by atomic mass is 35.5. The summed E-state index contributed by atoms with van der Waals surface area (Å²) in [6, 6.07) is 7.03. The zero-order valence-corrected chi connectivity index (χ0v) is 16.0. The van der Waals surface area contributed by atoms with E-state index < -0.39 is 0 Å². The molecule has 3 atom stereocenters. The van der Waals surface area contributed by atoms with Crippen molar-refractivity contribution in [2.24, 2.45) is 5.73 Å². The maximum absolute atomic E-state index is 12.8. The molecule has 0 radical (unpaired) electrons. The summed E-state index contributed by atoms with van der Waals surface area (Å²) in [5.74, 6) is -0.386. The zero-order chi connectivity index (χ0) is 18.4. The Hall–Kier alpha value is -1.66. The molecular weight excluding hydrogens is 370 g/mol. The fraction of sp³-hybridized carbons (Fsp3) is 0.474. The van der Waals surface area contributed by atoms with Crippen LogP contribution in [-0.2, 0) is 4.79 Å². The van der Waals surface area contributed by atoms with Crippen LogP contribution in [0.15, 0.2) is 35.9 Å². The first kappa shape index (κ1) is 17.7. The Kier molecular flexibility index (Phi) is 4.43. The van der Waals surface area contributed by atoms with Gasteiger partial charge in [-0.15, -0.1) is 0 Å². The average Bonchev–Trinajstić information content (AvgIpc) is 3.19. The van der Waals surface area contributed by atoms with Crippen LogP contribution >= 0.6 is 23.4 Å². The highest BCUT2D eigenvalue weighted by Crippen LogP contribution is 2.53. The molecule has 4 rings (SSSR count). The van der Waals surface area contributed by atoms with Crippen LogP contribution in [0.25, 0.3) is 0 Å². The van der Waals surface area contributed by atoms with Gasteiger partial charge in [-0.2, -0.15) is 0 Å². The van der Waals surface area contributed by atoms with Crippen LogP contribution in [0.1, 0.15) is 48.9 Å². The lowest BCUT2D eigenvalue weighted by Gasteiger charge is -2.46. The molecule has 2 bridgehead atoms. The van der Waals surface area contributed by atoms with Crippen molar-refractivity contribution in [1.82, 2.24) is 10.2 Å². The predicted octanol–water partition coefficient (Wildman–Crippen LogP) is 3.25. The summed E-state index contributed by atoms with van der Waals surface area (Å²) in [6.45, 7) is 0. The molecule has 2 aliphatic carbocycles. The van der Waals surface area contributed by atoms with Gasteiger partial charge < -0.3 is 16.0 Å². The maximum Gasteiger partial charge on any atom is 0.251 e. The quantitative estimate of drug-likeness (QED) is 0.826. The first-order chi connectivity index (χ1) is 12.4. The van der Waals surface area contributed by atoms with Crippen LogP contribution in [-0.4, -0.2) is 33.2 Å². The summed E-state index contributed by atoms with van der Waals surface area (Å²) in [6.07, 6.45) is 7.73. The van der Waals surface area contributed by atoms with E-state index >= 15 is 0 Å². The van der Waals surface area contributed by atoms with Crippen LogP contribution in [0.2, 0.25) is 5.02 Å². The monoisotopic (exact) mass is 391 g/mol. The van der Waals surface area contributed by atoms with Gasteiger partial charge in [-0.05, 0) is 62.1 Å². The van der Waals surface area contributed by atoms with E-state index in [9.17, 15) is 9.59 Å². The number of nitrogens with two attached hydrogens (primary N) is 1. The molecule has 3 aliphatic rings. The molecule has 0 aromatic heterocycles. The minimum absolute atomic E-state index is 0.0806. The second-order valence-corrected chi connectivity index (χ2v) is 9.01. The van der Waals surface area contributed by atoms with Crippen LogP contribution in [0.4, 0.5) is 0 Å². The predicted molar refractivity (Wildman–Crippen MR) is 104 cm³/mol. The molecule has 5 nitrogen and oxygen atoms in total. The van der Waals surface area contributed by atoms with Crippen molar-refractivity contribution < 1.29 is 9.59 Å². The van der Waals surface area contributed by atoms with Crippen molar-refractivity contribution in [2.75, 3.05) is 0 Å². The average molecular weight is 392 g/mol. The molecule has 0 spiro atoms. The van der Waals surface area contributed by atoms with Gasteiger partial charge in [0.05, 0.1) is 0 Å². The van der Waals surface area contributed by atoms with Crippen molar-refractivity contribution in [3.63, 3.8) is 0 Å². The van der Waals surface area contributed by atoms with Crippen molar-refractivity contribution in [3.8, 4) is 0 Å². The summed E-state index contributed by atoms with van der Waals surface area (Å²) in [5, 5.41) is 5.45. The molecule has 1 aliphatic heterocycles. The van der Waals surface area contributed by atoms with Gasteiger partial charge in [0, 0.05) is 27.9 Å². The molecule has 2 amide bonds. The van der Waals surface area contributed by atoms with Crippen molar-refractivity contribution in [2.45, 2.75) is 55.0 Å². The van der Waals surface area contributed by atoms with Crippen molar-refractivity contribution in [1.29, 1.82) is 0 Å². The van der Waals surface area contributed by atoms with Gasteiger partial charge in [-0.3, -0.25) is 9.59 Å². The topological polar surface area (TPSA) is 75.4 Å². The molecule has 0 saturated heterocycles. The molecule has 2 saturated carbocycles. The summed E-state index contributed by atoms with van der Waals surface area (Å²) in [5.41, 5.74) is 5.87. The highest BCUT2D eigenvalue weighted by molar-refractivity contribution is 8.03. The molecular formula is C19H22ClN3O2S. The van der Waals surface area contributed by atoms with Crippen LogP contribution < -0.4 is 11.1 Å². The maximum atomic E-state index is 12.8. The number of primary amides is 1. The molecule has 3 unspecified atom stereocenters. The van der Waals surface area contributed by atoms with E-state index in [1.54, 1.807) is 24.3 Å². The smallest absolute Gasteiger partial charge is 0.251 e. The summed E-state index contributed by atoms with van der Waals surface area (Å²) in [4.78, 5) is 26.8. The Balaban J connectivity index is 1.55. The fourth-order valence-electron chi connectivity index (χ4n) is 4.85. The molecule has 26 heavy (non-hydrogen) atoms. The first-order valence-corrected chi connectivity index (χ1v) is 10.2. The van der Waals surface area contributed by atoms with Gasteiger partial charge in [0.25, 0.3) is 11.8 Å². The number of amides is 2. The number of nitrogens with zero attached hydrogens (tertiary/aromatic N) is 1. The highest BCUT2D eigenvalue weighted by Gasteiger charge is 2.56. The van der Waals surface area contributed by atoms with Gasteiger partial charge in [-0.1, -0.05) is 29.4 Å². The Morgan fingerprint density at radius 3 is 2.88 bits per heavy atom. The van der Waals surface area contributed by atoms with E-state index in [1.807, 2.05) is 11.6 Å². The molecule has 3 N–H and O–H groups in total. The minimum Gasteiger partial charge on any atom is -0.367 e.